The topological polar surface area (TPSA) is 105 Å². The first-order valence-corrected chi connectivity index (χ1v) is 7.73. The zero-order valence-electron chi connectivity index (χ0n) is 12.3. The molecular formula is C17H12BrN3O3. The number of carboxylic acid groups (broad SMARTS) is 1. The van der Waals surface area contributed by atoms with Gasteiger partial charge in [0.1, 0.15) is 0 Å². The number of fused-ring (bicyclic) bond motifs is 1. The predicted octanol–water partition coefficient (Wildman–Crippen LogP) is 3.54. The molecule has 0 unspecified atom stereocenters. The summed E-state index contributed by atoms with van der Waals surface area (Å²) >= 11 is 3.39. The summed E-state index contributed by atoms with van der Waals surface area (Å²) in [6, 6.07) is 11.8. The highest BCUT2D eigenvalue weighted by atomic mass is 79.9. The third-order valence-electron chi connectivity index (χ3n) is 3.47. The summed E-state index contributed by atoms with van der Waals surface area (Å²) in [5, 5.41) is 12.9. The van der Waals surface area contributed by atoms with Gasteiger partial charge in [0.25, 0.3) is 5.91 Å². The fourth-order valence-corrected chi connectivity index (χ4v) is 2.72. The van der Waals surface area contributed by atoms with Crippen LogP contribution >= 0.6 is 15.9 Å². The number of aromatic nitrogens is 1. The first-order valence-electron chi connectivity index (χ1n) is 6.94. The van der Waals surface area contributed by atoms with Crippen LogP contribution in [0.3, 0.4) is 0 Å². The van der Waals surface area contributed by atoms with Crippen LogP contribution < -0.4 is 11.1 Å². The molecule has 1 amide bonds. The second-order valence-corrected chi connectivity index (χ2v) is 6.00. The van der Waals surface area contributed by atoms with Crippen molar-refractivity contribution in [3.05, 3.63) is 64.3 Å². The summed E-state index contributed by atoms with van der Waals surface area (Å²) in [7, 11) is 0. The molecule has 2 aromatic carbocycles. The molecule has 3 aromatic rings. The zero-order valence-corrected chi connectivity index (χ0v) is 13.9. The number of hydrogen-bond acceptors (Lipinski definition) is 4. The average molecular weight is 386 g/mol. The normalized spacial score (nSPS) is 10.5. The highest BCUT2D eigenvalue weighted by Gasteiger charge is 2.14. The van der Waals surface area contributed by atoms with Gasteiger partial charge in [0, 0.05) is 21.7 Å². The highest BCUT2D eigenvalue weighted by molar-refractivity contribution is 9.10. The Bertz CT molecular complexity index is 972. The lowest BCUT2D eigenvalue weighted by atomic mass is 10.1. The van der Waals surface area contributed by atoms with Gasteiger partial charge in [0.15, 0.2) is 0 Å². The second-order valence-electron chi connectivity index (χ2n) is 5.08. The van der Waals surface area contributed by atoms with Gasteiger partial charge in [0.2, 0.25) is 0 Å². The number of nitrogens with one attached hydrogen (secondary N) is 1. The average Bonchev–Trinajstić information content (AvgIpc) is 2.55. The van der Waals surface area contributed by atoms with Crippen molar-refractivity contribution in [3.63, 3.8) is 0 Å². The third kappa shape index (κ3) is 3.07. The number of carbonyl (C=O) groups is 2. The number of hydrogen-bond donors (Lipinski definition) is 3. The molecule has 0 aliphatic carbocycles. The molecule has 0 aliphatic heterocycles. The summed E-state index contributed by atoms with van der Waals surface area (Å²) in [6.45, 7) is 0. The van der Waals surface area contributed by atoms with Gasteiger partial charge >= 0.3 is 5.97 Å². The molecule has 7 heteroatoms. The van der Waals surface area contributed by atoms with Gasteiger partial charge in [-0.05, 0) is 36.4 Å². The summed E-state index contributed by atoms with van der Waals surface area (Å²) in [5.41, 5.74) is 7.51. The molecule has 120 valence electrons. The Morgan fingerprint density at radius 3 is 2.67 bits per heavy atom. The van der Waals surface area contributed by atoms with Gasteiger partial charge in [-0.25, -0.2) is 4.79 Å². The lowest BCUT2D eigenvalue weighted by Crippen LogP contribution is -2.14. The van der Waals surface area contributed by atoms with Crippen LogP contribution in [-0.4, -0.2) is 22.0 Å². The Morgan fingerprint density at radius 1 is 1.17 bits per heavy atom. The van der Waals surface area contributed by atoms with E-state index in [4.69, 9.17) is 10.8 Å². The minimum absolute atomic E-state index is 0.139. The molecule has 1 aromatic heterocycles. The van der Waals surface area contributed by atoms with Crippen LogP contribution in [0.25, 0.3) is 10.9 Å². The van der Waals surface area contributed by atoms with Crippen LogP contribution in [0.2, 0.25) is 0 Å². The SMILES string of the molecule is NC(=O)c1cnc2ccc(Br)cc2c1Nc1cccc(C(=O)O)c1. The van der Waals surface area contributed by atoms with Crippen LogP contribution in [0, 0.1) is 0 Å². The summed E-state index contributed by atoms with van der Waals surface area (Å²) in [6.07, 6.45) is 1.40. The lowest BCUT2D eigenvalue weighted by Gasteiger charge is -2.14. The van der Waals surface area contributed by atoms with Crippen LogP contribution in [-0.2, 0) is 0 Å². The zero-order chi connectivity index (χ0) is 17.3. The number of carboxylic acids is 1. The quantitative estimate of drug-likeness (QED) is 0.636. The number of primary amides is 1. The number of anilines is 2. The second kappa shape index (κ2) is 6.29. The Hall–Kier alpha value is -2.93. The largest absolute Gasteiger partial charge is 0.478 e. The molecule has 0 spiro atoms. The Kier molecular flexibility index (Phi) is 4.18. The maximum absolute atomic E-state index is 11.8. The Morgan fingerprint density at radius 2 is 1.96 bits per heavy atom. The van der Waals surface area contributed by atoms with E-state index in [1.54, 1.807) is 12.1 Å². The van der Waals surface area contributed by atoms with Crippen LogP contribution in [0.5, 0.6) is 0 Å². The molecule has 0 saturated heterocycles. The number of nitrogens with two attached hydrogens (primary N) is 1. The number of aromatic carboxylic acids is 1. The van der Waals surface area contributed by atoms with E-state index in [0.29, 0.717) is 22.3 Å². The van der Waals surface area contributed by atoms with Gasteiger partial charge in [0.05, 0.1) is 22.3 Å². The molecule has 0 aliphatic rings. The van der Waals surface area contributed by atoms with Crippen molar-refractivity contribution in [2.45, 2.75) is 0 Å². The Labute approximate surface area is 145 Å². The van der Waals surface area contributed by atoms with Gasteiger partial charge in [-0.1, -0.05) is 22.0 Å². The molecule has 0 radical (unpaired) electrons. The number of carbonyl (C=O) groups excluding carboxylic acids is 1. The van der Waals surface area contributed by atoms with E-state index in [0.717, 1.165) is 4.47 Å². The minimum atomic E-state index is -1.03. The number of rotatable bonds is 4. The number of halogens is 1. The fourth-order valence-electron chi connectivity index (χ4n) is 2.36. The lowest BCUT2D eigenvalue weighted by molar-refractivity contribution is 0.0696. The van der Waals surface area contributed by atoms with Crippen LogP contribution in [0.15, 0.2) is 53.1 Å². The van der Waals surface area contributed by atoms with Crippen LogP contribution in [0.4, 0.5) is 11.4 Å². The van der Waals surface area contributed by atoms with Crippen molar-refractivity contribution in [1.29, 1.82) is 0 Å². The monoisotopic (exact) mass is 385 g/mol. The summed E-state index contributed by atoms with van der Waals surface area (Å²) in [5.74, 6) is -1.66. The van der Waals surface area contributed by atoms with Gasteiger partial charge in [-0.15, -0.1) is 0 Å². The third-order valence-corrected chi connectivity index (χ3v) is 3.97. The van der Waals surface area contributed by atoms with Crippen molar-refractivity contribution < 1.29 is 14.7 Å². The molecule has 6 nitrogen and oxygen atoms in total. The standard InChI is InChI=1S/C17H12BrN3O3/c18-10-4-5-14-12(7-10)15(13(8-20-14)16(19)22)21-11-3-1-2-9(6-11)17(23)24/h1-8H,(H2,19,22)(H,20,21)(H,23,24). The van der Waals surface area contributed by atoms with Gasteiger partial charge in [-0.2, -0.15) is 0 Å². The maximum Gasteiger partial charge on any atom is 0.335 e. The minimum Gasteiger partial charge on any atom is -0.478 e. The first kappa shape index (κ1) is 15.9. The predicted molar refractivity (Wildman–Crippen MR) is 94.6 cm³/mol. The van der Waals surface area contributed by atoms with E-state index in [9.17, 15) is 9.59 Å². The first-order chi connectivity index (χ1) is 11.5. The molecular weight excluding hydrogens is 374 g/mol. The van der Waals surface area contributed by atoms with Crippen molar-refractivity contribution in [2.24, 2.45) is 5.73 Å². The molecule has 0 saturated carbocycles. The molecule has 4 N–H and O–H groups in total. The summed E-state index contributed by atoms with van der Waals surface area (Å²) in [4.78, 5) is 27.1. The van der Waals surface area contributed by atoms with E-state index >= 15 is 0 Å². The van der Waals surface area contributed by atoms with E-state index < -0.39 is 11.9 Å². The van der Waals surface area contributed by atoms with E-state index in [2.05, 4.69) is 26.2 Å². The fraction of sp³-hybridized carbons (Fsp3) is 0. The van der Waals surface area contributed by atoms with Gasteiger partial charge < -0.3 is 16.2 Å². The smallest absolute Gasteiger partial charge is 0.335 e. The van der Waals surface area contributed by atoms with E-state index in [-0.39, 0.29) is 11.1 Å². The molecule has 0 fully saturated rings. The number of pyridine rings is 1. The molecule has 0 atom stereocenters. The Balaban J connectivity index is 2.18. The highest BCUT2D eigenvalue weighted by Crippen LogP contribution is 2.31. The van der Waals surface area contributed by atoms with Crippen molar-refractivity contribution in [1.82, 2.24) is 4.98 Å². The van der Waals surface area contributed by atoms with Crippen LogP contribution in [0.1, 0.15) is 20.7 Å². The summed E-state index contributed by atoms with van der Waals surface area (Å²) < 4.78 is 0.820. The molecule has 0 bridgehead atoms. The molecule has 24 heavy (non-hydrogen) atoms. The molecule has 3 rings (SSSR count). The van der Waals surface area contributed by atoms with E-state index in [1.165, 1.54) is 18.3 Å². The number of amides is 1. The number of benzene rings is 2. The van der Waals surface area contributed by atoms with E-state index in [1.807, 2.05) is 18.2 Å². The van der Waals surface area contributed by atoms with Crippen molar-refractivity contribution in [2.75, 3.05) is 5.32 Å². The van der Waals surface area contributed by atoms with Crippen molar-refractivity contribution >= 4 is 50.1 Å². The molecule has 1 heterocycles. The number of nitrogens with zero attached hydrogens (tertiary/aromatic N) is 1. The van der Waals surface area contributed by atoms with Gasteiger partial charge in [-0.3, -0.25) is 9.78 Å². The van der Waals surface area contributed by atoms with Crippen molar-refractivity contribution in [3.8, 4) is 0 Å². The maximum atomic E-state index is 11.8.